The van der Waals surface area contributed by atoms with E-state index in [0.717, 1.165) is 11.3 Å². The number of nitrogens with two attached hydrogens (primary N) is 1. The molecule has 0 saturated carbocycles. The molecule has 72 valence electrons. The molecule has 4 heteroatoms. The van der Waals surface area contributed by atoms with Gasteiger partial charge >= 0.3 is 0 Å². The molecule has 4 nitrogen and oxygen atoms in total. The van der Waals surface area contributed by atoms with Gasteiger partial charge in [0.1, 0.15) is 0 Å². The minimum absolute atomic E-state index is 0.0693. The first-order chi connectivity index (χ1) is 6.77. The van der Waals surface area contributed by atoms with Gasteiger partial charge in [0, 0.05) is 6.04 Å². The molecule has 0 fully saturated rings. The number of aromatic nitrogens is 3. The molecule has 0 saturated heterocycles. The fourth-order valence-corrected chi connectivity index (χ4v) is 1.28. The molecule has 0 amide bonds. The molecule has 1 aromatic heterocycles. The summed E-state index contributed by atoms with van der Waals surface area (Å²) in [5, 5.41) is 7.64. The van der Waals surface area contributed by atoms with Gasteiger partial charge in [-0.3, -0.25) is 0 Å². The van der Waals surface area contributed by atoms with Crippen LogP contribution in [0.4, 0.5) is 0 Å². The van der Waals surface area contributed by atoms with Crippen LogP contribution in [0.25, 0.3) is 5.69 Å². The lowest BCUT2D eigenvalue weighted by molar-refractivity contribution is 0.794. The molecule has 0 bridgehead atoms. The molecule has 0 aliphatic carbocycles. The van der Waals surface area contributed by atoms with E-state index in [0.29, 0.717) is 0 Å². The Kier molecular flexibility index (Phi) is 2.28. The fourth-order valence-electron chi connectivity index (χ4n) is 1.28. The molecule has 1 heterocycles. The largest absolute Gasteiger partial charge is 0.324 e. The summed E-state index contributed by atoms with van der Waals surface area (Å²) in [6, 6.07) is 8.03. The van der Waals surface area contributed by atoms with Crippen LogP contribution in [0.15, 0.2) is 36.7 Å². The Balaban J connectivity index is 2.31. The summed E-state index contributed by atoms with van der Waals surface area (Å²) in [7, 11) is 0. The highest BCUT2D eigenvalue weighted by Gasteiger charge is 2.00. The van der Waals surface area contributed by atoms with Crippen LogP contribution in [0.2, 0.25) is 0 Å². The lowest BCUT2D eigenvalue weighted by Crippen LogP contribution is -2.05. The molecular weight excluding hydrogens is 176 g/mol. The molecule has 0 aliphatic rings. The number of nitrogens with zero attached hydrogens (tertiary/aromatic N) is 3. The van der Waals surface area contributed by atoms with Gasteiger partial charge in [0.25, 0.3) is 0 Å². The van der Waals surface area contributed by atoms with Gasteiger partial charge < -0.3 is 5.73 Å². The summed E-state index contributed by atoms with van der Waals surface area (Å²) in [5.41, 5.74) is 7.86. The maximum absolute atomic E-state index is 5.75. The third-order valence-corrected chi connectivity index (χ3v) is 2.11. The van der Waals surface area contributed by atoms with E-state index in [1.807, 2.05) is 31.2 Å². The first-order valence-electron chi connectivity index (χ1n) is 4.49. The first-order valence-corrected chi connectivity index (χ1v) is 4.49. The summed E-state index contributed by atoms with van der Waals surface area (Å²) in [6.45, 7) is 1.96. The van der Waals surface area contributed by atoms with Crippen molar-refractivity contribution in [3.8, 4) is 5.69 Å². The monoisotopic (exact) mass is 188 g/mol. The van der Waals surface area contributed by atoms with Gasteiger partial charge in [-0.15, -0.1) is 5.10 Å². The van der Waals surface area contributed by atoms with E-state index >= 15 is 0 Å². The first kappa shape index (κ1) is 8.90. The Bertz CT molecular complexity index is 389. The highest BCUT2D eigenvalue weighted by molar-refractivity contribution is 5.34. The molecular formula is C10H12N4. The molecule has 2 aromatic rings. The predicted octanol–water partition coefficient (Wildman–Crippen LogP) is 1.29. The van der Waals surface area contributed by atoms with Crippen molar-refractivity contribution < 1.29 is 0 Å². The van der Waals surface area contributed by atoms with Crippen molar-refractivity contribution in [3.63, 3.8) is 0 Å². The van der Waals surface area contributed by atoms with Crippen molar-refractivity contribution >= 4 is 0 Å². The zero-order valence-electron chi connectivity index (χ0n) is 7.96. The molecule has 2 N–H and O–H groups in total. The van der Waals surface area contributed by atoms with E-state index in [9.17, 15) is 0 Å². The van der Waals surface area contributed by atoms with Gasteiger partial charge in [0.2, 0.25) is 0 Å². The van der Waals surface area contributed by atoms with Crippen molar-refractivity contribution in [2.45, 2.75) is 13.0 Å². The predicted molar refractivity (Wildman–Crippen MR) is 54.0 cm³/mol. The van der Waals surface area contributed by atoms with Gasteiger partial charge in [-0.05, 0) is 24.6 Å². The minimum atomic E-state index is 0.0693. The Morgan fingerprint density at radius 1 is 1.29 bits per heavy atom. The zero-order chi connectivity index (χ0) is 9.97. The van der Waals surface area contributed by atoms with Crippen LogP contribution in [0.3, 0.4) is 0 Å². The van der Waals surface area contributed by atoms with Crippen LogP contribution in [0, 0.1) is 0 Å². The summed E-state index contributed by atoms with van der Waals surface area (Å²) in [5.74, 6) is 0. The highest BCUT2D eigenvalue weighted by atomic mass is 15.4. The van der Waals surface area contributed by atoms with Crippen molar-refractivity contribution in [2.75, 3.05) is 0 Å². The zero-order valence-corrected chi connectivity index (χ0v) is 7.96. The summed E-state index contributed by atoms with van der Waals surface area (Å²) < 4.78 is 1.71. The second-order valence-electron chi connectivity index (χ2n) is 3.23. The van der Waals surface area contributed by atoms with E-state index in [-0.39, 0.29) is 6.04 Å². The summed E-state index contributed by atoms with van der Waals surface area (Å²) >= 11 is 0. The van der Waals surface area contributed by atoms with E-state index in [1.165, 1.54) is 0 Å². The Hall–Kier alpha value is -1.68. The van der Waals surface area contributed by atoms with Crippen LogP contribution in [0.1, 0.15) is 18.5 Å². The maximum Gasteiger partial charge on any atom is 0.0697 e. The van der Waals surface area contributed by atoms with Gasteiger partial charge in [-0.1, -0.05) is 17.3 Å². The van der Waals surface area contributed by atoms with Crippen LogP contribution in [0.5, 0.6) is 0 Å². The second-order valence-corrected chi connectivity index (χ2v) is 3.23. The number of hydrogen-bond acceptors (Lipinski definition) is 3. The number of benzene rings is 1. The van der Waals surface area contributed by atoms with Gasteiger partial charge in [-0.25, -0.2) is 4.68 Å². The molecule has 0 radical (unpaired) electrons. The van der Waals surface area contributed by atoms with Crippen LogP contribution in [-0.4, -0.2) is 15.0 Å². The molecule has 1 atom stereocenters. The molecule has 0 unspecified atom stereocenters. The smallest absolute Gasteiger partial charge is 0.0697 e. The van der Waals surface area contributed by atoms with Crippen molar-refractivity contribution in [1.29, 1.82) is 0 Å². The van der Waals surface area contributed by atoms with Crippen molar-refractivity contribution in [2.24, 2.45) is 5.73 Å². The average molecular weight is 188 g/mol. The third kappa shape index (κ3) is 1.65. The highest BCUT2D eigenvalue weighted by Crippen LogP contribution is 2.12. The van der Waals surface area contributed by atoms with Gasteiger partial charge in [0.15, 0.2) is 0 Å². The fraction of sp³-hybridized carbons (Fsp3) is 0.200. The SMILES string of the molecule is C[C@@H](N)c1ccc(-n2ccnn2)cc1. The van der Waals surface area contributed by atoms with Crippen LogP contribution in [-0.2, 0) is 0 Å². The molecule has 2 rings (SSSR count). The Morgan fingerprint density at radius 2 is 2.00 bits per heavy atom. The molecule has 1 aromatic carbocycles. The quantitative estimate of drug-likeness (QED) is 0.772. The lowest BCUT2D eigenvalue weighted by atomic mass is 10.1. The van der Waals surface area contributed by atoms with E-state index in [1.54, 1.807) is 17.1 Å². The maximum atomic E-state index is 5.75. The topological polar surface area (TPSA) is 56.7 Å². The standard InChI is InChI=1S/C10H12N4/c1-8(11)9-2-4-10(5-3-9)14-7-6-12-13-14/h2-8H,11H2,1H3/t8-/m1/s1. The Labute approximate surface area is 82.4 Å². The van der Waals surface area contributed by atoms with Gasteiger partial charge in [0.05, 0.1) is 18.1 Å². The minimum Gasteiger partial charge on any atom is -0.324 e. The van der Waals surface area contributed by atoms with Gasteiger partial charge in [-0.2, -0.15) is 0 Å². The van der Waals surface area contributed by atoms with Crippen LogP contribution < -0.4 is 5.73 Å². The van der Waals surface area contributed by atoms with E-state index in [4.69, 9.17) is 5.73 Å². The summed E-state index contributed by atoms with van der Waals surface area (Å²) in [6.07, 6.45) is 3.46. The number of hydrogen-bond donors (Lipinski definition) is 1. The Morgan fingerprint density at radius 3 is 2.50 bits per heavy atom. The normalized spacial score (nSPS) is 12.7. The van der Waals surface area contributed by atoms with Crippen molar-refractivity contribution in [1.82, 2.24) is 15.0 Å². The van der Waals surface area contributed by atoms with Crippen molar-refractivity contribution in [3.05, 3.63) is 42.2 Å². The molecule has 14 heavy (non-hydrogen) atoms. The lowest BCUT2D eigenvalue weighted by Gasteiger charge is -2.06. The average Bonchev–Trinajstić information content (AvgIpc) is 2.71. The molecule has 0 aliphatic heterocycles. The molecule has 0 spiro atoms. The third-order valence-electron chi connectivity index (χ3n) is 2.11. The van der Waals surface area contributed by atoms with E-state index in [2.05, 4.69) is 10.3 Å². The van der Waals surface area contributed by atoms with E-state index < -0.39 is 0 Å². The second kappa shape index (κ2) is 3.59. The number of rotatable bonds is 2. The summed E-state index contributed by atoms with van der Waals surface area (Å²) in [4.78, 5) is 0. The van der Waals surface area contributed by atoms with Crippen LogP contribution >= 0.6 is 0 Å².